The summed E-state index contributed by atoms with van der Waals surface area (Å²) in [5.41, 5.74) is 2.69. The SMILES string of the molecule is CC.CNc1ccc(C(C)CO)c(C#N)c1.O=Cc1ccccc1C(=O)O. The molecule has 0 amide bonds. The van der Waals surface area contributed by atoms with Gasteiger partial charge in [0.1, 0.15) is 0 Å². The third-order valence-corrected chi connectivity index (χ3v) is 3.59. The summed E-state index contributed by atoms with van der Waals surface area (Å²) in [6.45, 7) is 5.96. The monoisotopic (exact) mass is 370 g/mol. The minimum Gasteiger partial charge on any atom is -0.478 e. The Hall–Kier alpha value is -3.17. The smallest absolute Gasteiger partial charge is 0.336 e. The topological polar surface area (TPSA) is 110 Å². The van der Waals surface area contributed by atoms with Crippen LogP contribution in [0.3, 0.4) is 0 Å². The second-order valence-electron chi connectivity index (χ2n) is 5.26. The fourth-order valence-electron chi connectivity index (χ4n) is 2.13. The first kappa shape index (κ1) is 23.8. The molecule has 2 aromatic rings. The van der Waals surface area contributed by atoms with Crippen molar-refractivity contribution in [2.24, 2.45) is 0 Å². The van der Waals surface area contributed by atoms with Crippen LogP contribution < -0.4 is 5.32 Å². The molecule has 2 rings (SSSR count). The molecular formula is C21H26N2O4. The van der Waals surface area contributed by atoms with Gasteiger partial charge in [0, 0.05) is 30.8 Å². The number of carboxylic acids is 1. The third kappa shape index (κ3) is 7.30. The minimum absolute atomic E-state index is 0.00977. The molecule has 6 nitrogen and oxygen atoms in total. The summed E-state index contributed by atoms with van der Waals surface area (Å²) in [4.78, 5) is 20.7. The standard InChI is InChI=1S/C11H14N2O.C8H6O3.C2H6/c1-8(7-14)11-4-3-10(13-2)5-9(11)6-12;9-5-6-3-1-2-4-7(6)8(10)11;1-2/h3-5,8,13-14H,7H2,1-2H3;1-5H,(H,10,11);1-2H3. The van der Waals surface area contributed by atoms with Crippen molar-refractivity contribution in [2.45, 2.75) is 26.7 Å². The van der Waals surface area contributed by atoms with Gasteiger partial charge in [-0.2, -0.15) is 5.26 Å². The molecule has 0 bridgehead atoms. The number of nitrogens with one attached hydrogen (secondary N) is 1. The summed E-state index contributed by atoms with van der Waals surface area (Å²) < 4.78 is 0. The summed E-state index contributed by atoms with van der Waals surface area (Å²) >= 11 is 0. The number of aliphatic hydroxyl groups excluding tert-OH is 1. The van der Waals surface area contributed by atoms with E-state index in [9.17, 15) is 9.59 Å². The van der Waals surface area contributed by atoms with Gasteiger partial charge in [-0.15, -0.1) is 0 Å². The summed E-state index contributed by atoms with van der Waals surface area (Å²) in [6.07, 6.45) is 0.531. The highest BCUT2D eigenvalue weighted by Crippen LogP contribution is 2.22. The number of carbonyl (C=O) groups excluding carboxylic acids is 1. The minimum atomic E-state index is -1.08. The van der Waals surface area contributed by atoms with Crippen LogP contribution in [0.4, 0.5) is 5.69 Å². The van der Waals surface area contributed by atoms with Gasteiger partial charge in [-0.1, -0.05) is 45.0 Å². The molecule has 0 fully saturated rings. The number of rotatable bonds is 5. The summed E-state index contributed by atoms with van der Waals surface area (Å²) in [7, 11) is 1.81. The van der Waals surface area contributed by atoms with Crippen LogP contribution >= 0.6 is 0 Å². The van der Waals surface area contributed by atoms with Crippen LogP contribution in [0.15, 0.2) is 42.5 Å². The normalized spacial score (nSPS) is 10.1. The Morgan fingerprint density at radius 3 is 2.33 bits per heavy atom. The molecular weight excluding hydrogens is 344 g/mol. The van der Waals surface area contributed by atoms with E-state index >= 15 is 0 Å². The van der Waals surface area contributed by atoms with E-state index in [2.05, 4.69) is 11.4 Å². The van der Waals surface area contributed by atoms with Gasteiger partial charge in [-0.3, -0.25) is 4.79 Å². The zero-order chi connectivity index (χ0) is 20.8. The van der Waals surface area contributed by atoms with E-state index < -0.39 is 5.97 Å². The van der Waals surface area contributed by atoms with Crippen molar-refractivity contribution in [3.05, 3.63) is 64.7 Å². The Balaban J connectivity index is 0.000000469. The van der Waals surface area contributed by atoms with E-state index in [1.807, 2.05) is 40.0 Å². The molecule has 0 radical (unpaired) electrons. The molecule has 0 saturated carbocycles. The Morgan fingerprint density at radius 1 is 1.26 bits per heavy atom. The number of anilines is 1. The Bertz CT molecular complexity index is 782. The average Bonchev–Trinajstić information content (AvgIpc) is 2.74. The molecule has 0 aliphatic heterocycles. The lowest BCUT2D eigenvalue weighted by molar-refractivity contribution is 0.0694. The molecule has 1 unspecified atom stereocenters. The van der Waals surface area contributed by atoms with Gasteiger partial charge in [-0.25, -0.2) is 4.79 Å². The Labute approximate surface area is 160 Å². The summed E-state index contributed by atoms with van der Waals surface area (Å²) in [5, 5.41) is 29.4. The molecule has 1 atom stereocenters. The predicted molar refractivity (Wildman–Crippen MR) is 106 cm³/mol. The van der Waals surface area contributed by atoms with Crippen molar-refractivity contribution in [3.8, 4) is 6.07 Å². The van der Waals surface area contributed by atoms with Crippen LogP contribution in [0.1, 0.15) is 58.5 Å². The van der Waals surface area contributed by atoms with E-state index in [0.717, 1.165) is 11.3 Å². The number of aliphatic hydroxyl groups is 1. The van der Waals surface area contributed by atoms with Crippen molar-refractivity contribution in [3.63, 3.8) is 0 Å². The first-order chi connectivity index (χ1) is 13.0. The first-order valence-electron chi connectivity index (χ1n) is 8.58. The van der Waals surface area contributed by atoms with Gasteiger partial charge >= 0.3 is 5.97 Å². The maximum atomic E-state index is 10.4. The van der Waals surface area contributed by atoms with Gasteiger partial charge < -0.3 is 15.5 Å². The molecule has 0 aliphatic carbocycles. The number of carboxylic acid groups (broad SMARTS) is 1. The Kier molecular flexibility index (Phi) is 11.6. The highest BCUT2D eigenvalue weighted by molar-refractivity contribution is 5.96. The molecule has 144 valence electrons. The number of nitrogens with zero attached hydrogens (tertiary/aromatic N) is 1. The maximum absolute atomic E-state index is 10.4. The number of hydrogen-bond acceptors (Lipinski definition) is 5. The second-order valence-corrected chi connectivity index (χ2v) is 5.26. The van der Waals surface area contributed by atoms with Gasteiger partial charge in [0.25, 0.3) is 0 Å². The van der Waals surface area contributed by atoms with E-state index in [4.69, 9.17) is 15.5 Å². The number of hydrogen-bond donors (Lipinski definition) is 3. The summed E-state index contributed by atoms with van der Waals surface area (Å²) in [5.74, 6) is -1.07. The van der Waals surface area contributed by atoms with Gasteiger partial charge in [0.2, 0.25) is 0 Å². The molecule has 6 heteroatoms. The van der Waals surface area contributed by atoms with Crippen molar-refractivity contribution in [1.29, 1.82) is 5.26 Å². The van der Waals surface area contributed by atoms with E-state index in [1.165, 1.54) is 12.1 Å². The summed E-state index contributed by atoms with van der Waals surface area (Å²) in [6, 6.07) is 13.8. The van der Waals surface area contributed by atoms with Gasteiger partial charge in [-0.05, 0) is 23.8 Å². The number of aldehydes is 1. The number of carbonyl (C=O) groups is 2. The molecule has 0 heterocycles. The van der Waals surface area contributed by atoms with Crippen LogP contribution in [0.25, 0.3) is 0 Å². The average molecular weight is 370 g/mol. The van der Waals surface area contributed by atoms with Crippen LogP contribution in [-0.4, -0.2) is 36.1 Å². The lowest BCUT2D eigenvalue weighted by atomic mass is 9.96. The predicted octanol–water partition coefficient (Wildman–Crippen LogP) is 3.92. The number of aromatic carboxylic acids is 1. The van der Waals surface area contributed by atoms with Gasteiger partial charge in [0.05, 0.1) is 17.2 Å². The van der Waals surface area contributed by atoms with E-state index in [0.29, 0.717) is 11.8 Å². The van der Waals surface area contributed by atoms with Crippen LogP contribution in [0, 0.1) is 11.3 Å². The second kappa shape index (κ2) is 13.1. The first-order valence-corrected chi connectivity index (χ1v) is 8.58. The van der Waals surface area contributed by atoms with Crippen LogP contribution in [0.2, 0.25) is 0 Å². The molecule has 0 aliphatic rings. The lowest BCUT2D eigenvalue weighted by Gasteiger charge is -2.11. The van der Waals surface area contributed by atoms with Gasteiger partial charge in [0.15, 0.2) is 6.29 Å². The van der Waals surface area contributed by atoms with Crippen molar-refractivity contribution >= 4 is 17.9 Å². The number of nitriles is 1. The molecule has 0 saturated heterocycles. The fraction of sp³-hybridized carbons (Fsp3) is 0.286. The lowest BCUT2D eigenvalue weighted by Crippen LogP contribution is -2.02. The quantitative estimate of drug-likeness (QED) is 0.688. The highest BCUT2D eigenvalue weighted by Gasteiger charge is 2.09. The van der Waals surface area contributed by atoms with Crippen molar-refractivity contribution in [1.82, 2.24) is 0 Å². The largest absolute Gasteiger partial charge is 0.478 e. The van der Waals surface area contributed by atoms with Crippen molar-refractivity contribution < 1.29 is 19.8 Å². The molecule has 3 N–H and O–H groups in total. The fourth-order valence-corrected chi connectivity index (χ4v) is 2.13. The zero-order valence-electron chi connectivity index (χ0n) is 16.1. The maximum Gasteiger partial charge on any atom is 0.336 e. The van der Waals surface area contributed by atoms with E-state index in [-0.39, 0.29) is 23.7 Å². The van der Waals surface area contributed by atoms with Crippen LogP contribution in [-0.2, 0) is 0 Å². The molecule has 27 heavy (non-hydrogen) atoms. The van der Waals surface area contributed by atoms with Crippen molar-refractivity contribution in [2.75, 3.05) is 19.0 Å². The number of benzene rings is 2. The Morgan fingerprint density at radius 2 is 1.89 bits per heavy atom. The molecule has 2 aromatic carbocycles. The van der Waals surface area contributed by atoms with E-state index in [1.54, 1.807) is 18.2 Å². The third-order valence-electron chi connectivity index (χ3n) is 3.59. The van der Waals surface area contributed by atoms with Crippen LogP contribution in [0.5, 0.6) is 0 Å². The highest BCUT2D eigenvalue weighted by atomic mass is 16.4. The molecule has 0 spiro atoms. The zero-order valence-corrected chi connectivity index (χ0v) is 16.1. The molecule has 0 aromatic heterocycles.